The van der Waals surface area contributed by atoms with Gasteiger partial charge in [-0.2, -0.15) is 0 Å². The molecule has 1 atom stereocenters. The van der Waals surface area contributed by atoms with E-state index in [4.69, 9.17) is 10.5 Å². The lowest BCUT2D eigenvalue weighted by atomic mass is 10.1. The second-order valence-corrected chi connectivity index (χ2v) is 5.73. The number of morpholine rings is 1. The van der Waals surface area contributed by atoms with Crippen LogP contribution in [0.5, 0.6) is 0 Å². The van der Waals surface area contributed by atoms with Crippen molar-refractivity contribution < 1.29 is 14.3 Å². The molecule has 2 heterocycles. The maximum atomic E-state index is 12.3. The quantitative estimate of drug-likeness (QED) is 0.689. The van der Waals surface area contributed by atoms with Gasteiger partial charge in [-0.05, 0) is 0 Å². The number of carbonyl (C=O) groups excluding carboxylic acids is 2. The van der Waals surface area contributed by atoms with Crippen molar-refractivity contribution in [3.63, 3.8) is 0 Å². The summed E-state index contributed by atoms with van der Waals surface area (Å²) < 4.78 is 5.28. The summed E-state index contributed by atoms with van der Waals surface area (Å²) in [6.45, 7) is 8.16. The highest BCUT2D eigenvalue weighted by molar-refractivity contribution is 5.80. The van der Waals surface area contributed by atoms with Gasteiger partial charge in [0.1, 0.15) is 0 Å². The molecule has 2 aliphatic heterocycles. The van der Waals surface area contributed by atoms with Crippen LogP contribution in [0.2, 0.25) is 0 Å². The normalized spacial score (nSPS) is 22.2. The highest BCUT2D eigenvalue weighted by atomic mass is 16.5. The fraction of sp³-hybridized carbons (Fsp3) is 0.857. The second kappa shape index (κ2) is 7.72. The summed E-state index contributed by atoms with van der Waals surface area (Å²) in [5, 5.41) is 0. The van der Waals surface area contributed by atoms with Gasteiger partial charge in [0.15, 0.2) is 0 Å². The van der Waals surface area contributed by atoms with Crippen molar-refractivity contribution in [2.45, 2.75) is 6.92 Å². The highest BCUT2D eigenvalue weighted by Crippen LogP contribution is 2.08. The number of amides is 2. The third kappa shape index (κ3) is 4.39. The first kappa shape index (κ1) is 16.2. The standard InChI is InChI=1S/C14H26N4O3/c1-12(10-15)14(20)18-4-2-17(3-5-18)13(19)11-16-6-8-21-9-7-16/h12H,2-11,15H2,1H3. The fourth-order valence-corrected chi connectivity index (χ4v) is 2.64. The molecule has 2 aliphatic rings. The van der Waals surface area contributed by atoms with Gasteiger partial charge in [-0.25, -0.2) is 0 Å². The third-order valence-corrected chi connectivity index (χ3v) is 4.18. The Labute approximate surface area is 126 Å². The van der Waals surface area contributed by atoms with Crippen LogP contribution in [0.1, 0.15) is 6.92 Å². The molecule has 2 fully saturated rings. The summed E-state index contributed by atoms with van der Waals surface area (Å²) in [6.07, 6.45) is 0. The van der Waals surface area contributed by atoms with E-state index in [1.54, 1.807) is 0 Å². The molecular formula is C14H26N4O3. The van der Waals surface area contributed by atoms with E-state index in [9.17, 15) is 9.59 Å². The van der Waals surface area contributed by atoms with Crippen LogP contribution in [-0.2, 0) is 14.3 Å². The maximum Gasteiger partial charge on any atom is 0.236 e. The minimum Gasteiger partial charge on any atom is -0.379 e. The number of hydrogen-bond acceptors (Lipinski definition) is 5. The third-order valence-electron chi connectivity index (χ3n) is 4.18. The molecule has 0 saturated carbocycles. The van der Waals surface area contributed by atoms with Crippen LogP contribution in [0, 0.1) is 5.92 Å². The Morgan fingerprint density at radius 1 is 1.05 bits per heavy atom. The Morgan fingerprint density at radius 3 is 2.19 bits per heavy atom. The van der Waals surface area contributed by atoms with E-state index < -0.39 is 0 Å². The van der Waals surface area contributed by atoms with E-state index in [2.05, 4.69) is 4.90 Å². The molecule has 2 saturated heterocycles. The van der Waals surface area contributed by atoms with Crippen molar-refractivity contribution >= 4 is 11.8 Å². The number of nitrogens with zero attached hydrogens (tertiary/aromatic N) is 3. The van der Waals surface area contributed by atoms with Gasteiger partial charge in [0.25, 0.3) is 0 Å². The van der Waals surface area contributed by atoms with Crippen LogP contribution in [0.15, 0.2) is 0 Å². The van der Waals surface area contributed by atoms with Crippen molar-refractivity contribution in [1.82, 2.24) is 14.7 Å². The van der Waals surface area contributed by atoms with Gasteiger partial charge in [0.2, 0.25) is 11.8 Å². The molecular weight excluding hydrogens is 272 g/mol. The van der Waals surface area contributed by atoms with Gasteiger partial charge in [-0.3, -0.25) is 14.5 Å². The highest BCUT2D eigenvalue weighted by Gasteiger charge is 2.27. The lowest BCUT2D eigenvalue weighted by Crippen LogP contribution is -2.54. The molecule has 1 unspecified atom stereocenters. The molecule has 0 aliphatic carbocycles. The van der Waals surface area contributed by atoms with Crippen molar-refractivity contribution in [2.75, 3.05) is 65.6 Å². The molecule has 0 aromatic rings. The molecule has 2 amide bonds. The second-order valence-electron chi connectivity index (χ2n) is 5.73. The van der Waals surface area contributed by atoms with Crippen LogP contribution in [0.3, 0.4) is 0 Å². The van der Waals surface area contributed by atoms with E-state index in [0.29, 0.717) is 52.5 Å². The van der Waals surface area contributed by atoms with Crippen molar-refractivity contribution in [2.24, 2.45) is 11.7 Å². The maximum absolute atomic E-state index is 12.3. The number of ether oxygens (including phenoxy) is 1. The Bertz CT molecular complexity index is 363. The SMILES string of the molecule is CC(CN)C(=O)N1CCN(C(=O)CN2CCOCC2)CC1. The van der Waals surface area contributed by atoms with Crippen LogP contribution >= 0.6 is 0 Å². The van der Waals surface area contributed by atoms with E-state index in [-0.39, 0.29) is 17.7 Å². The summed E-state index contributed by atoms with van der Waals surface area (Å²) in [5.74, 6) is 0.106. The van der Waals surface area contributed by atoms with Crippen molar-refractivity contribution in [3.05, 3.63) is 0 Å². The van der Waals surface area contributed by atoms with E-state index in [1.807, 2.05) is 16.7 Å². The average molecular weight is 298 g/mol. The van der Waals surface area contributed by atoms with E-state index in [0.717, 1.165) is 13.1 Å². The summed E-state index contributed by atoms with van der Waals surface area (Å²) in [7, 11) is 0. The predicted molar refractivity (Wildman–Crippen MR) is 78.6 cm³/mol. The molecule has 0 spiro atoms. The summed E-state index contributed by atoms with van der Waals surface area (Å²) in [4.78, 5) is 30.1. The summed E-state index contributed by atoms with van der Waals surface area (Å²) in [5.41, 5.74) is 5.53. The zero-order chi connectivity index (χ0) is 15.2. The van der Waals surface area contributed by atoms with Gasteiger partial charge in [-0.15, -0.1) is 0 Å². The van der Waals surface area contributed by atoms with Gasteiger partial charge >= 0.3 is 0 Å². The lowest BCUT2D eigenvalue weighted by Gasteiger charge is -2.37. The Kier molecular flexibility index (Phi) is 5.96. The number of rotatable bonds is 4. The number of piperazine rings is 1. The van der Waals surface area contributed by atoms with Crippen LogP contribution in [-0.4, -0.2) is 92.1 Å². The molecule has 0 radical (unpaired) electrons. The predicted octanol–water partition coefficient (Wildman–Crippen LogP) is -1.42. The smallest absolute Gasteiger partial charge is 0.236 e. The fourth-order valence-electron chi connectivity index (χ4n) is 2.64. The zero-order valence-electron chi connectivity index (χ0n) is 12.8. The Balaban J connectivity index is 1.75. The zero-order valence-corrected chi connectivity index (χ0v) is 12.8. The average Bonchev–Trinajstić information content (AvgIpc) is 2.54. The summed E-state index contributed by atoms with van der Waals surface area (Å²) >= 11 is 0. The van der Waals surface area contributed by atoms with Gasteiger partial charge < -0.3 is 20.3 Å². The van der Waals surface area contributed by atoms with Crippen LogP contribution < -0.4 is 5.73 Å². The summed E-state index contributed by atoms with van der Waals surface area (Å²) in [6, 6.07) is 0. The first-order chi connectivity index (χ1) is 10.1. The van der Waals surface area contributed by atoms with Crippen LogP contribution in [0.25, 0.3) is 0 Å². The molecule has 120 valence electrons. The molecule has 0 aromatic heterocycles. The molecule has 0 bridgehead atoms. The Hall–Kier alpha value is -1.18. The lowest BCUT2D eigenvalue weighted by molar-refractivity contribution is -0.142. The topological polar surface area (TPSA) is 79.1 Å². The number of nitrogens with two attached hydrogens (primary N) is 1. The minimum atomic E-state index is -0.138. The molecule has 7 nitrogen and oxygen atoms in total. The molecule has 21 heavy (non-hydrogen) atoms. The van der Waals surface area contributed by atoms with Gasteiger partial charge in [-0.1, -0.05) is 6.92 Å². The van der Waals surface area contributed by atoms with Gasteiger partial charge in [0, 0.05) is 51.7 Å². The first-order valence-electron chi connectivity index (χ1n) is 7.68. The molecule has 2 N–H and O–H groups in total. The Morgan fingerprint density at radius 2 is 1.62 bits per heavy atom. The van der Waals surface area contributed by atoms with E-state index >= 15 is 0 Å². The van der Waals surface area contributed by atoms with Crippen LogP contribution in [0.4, 0.5) is 0 Å². The largest absolute Gasteiger partial charge is 0.379 e. The molecule has 0 aromatic carbocycles. The van der Waals surface area contributed by atoms with Gasteiger partial charge in [0.05, 0.1) is 19.8 Å². The van der Waals surface area contributed by atoms with E-state index in [1.165, 1.54) is 0 Å². The molecule has 7 heteroatoms. The number of carbonyl (C=O) groups is 2. The molecule has 2 rings (SSSR count). The van der Waals surface area contributed by atoms with Crippen molar-refractivity contribution in [1.29, 1.82) is 0 Å². The van der Waals surface area contributed by atoms with Crippen molar-refractivity contribution in [3.8, 4) is 0 Å². The monoisotopic (exact) mass is 298 g/mol. The first-order valence-corrected chi connectivity index (χ1v) is 7.68. The number of hydrogen-bond donors (Lipinski definition) is 1. The minimum absolute atomic E-state index is 0.0952.